The van der Waals surface area contributed by atoms with Crippen LogP contribution >= 0.6 is 34.5 Å². The molecule has 1 aromatic carbocycles. The minimum absolute atomic E-state index is 0.132. The van der Waals surface area contributed by atoms with E-state index in [4.69, 9.17) is 23.2 Å². The first kappa shape index (κ1) is 17.7. The van der Waals surface area contributed by atoms with Gasteiger partial charge >= 0.3 is 0 Å². The summed E-state index contributed by atoms with van der Waals surface area (Å²) in [6.45, 7) is 3.27. The minimum Gasteiger partial charge on any atom is -0.348 e. The smallest absolute Gasteiger partial charge is 0.271 e. The van der Waals surface area contributed by atoms with E-state index >= 15 is 0 Å². The van der Waals surface area contributed by atoms with Crippen molar-refractivity contribution in [1.29, 1.82) is 0 Å². The second-order valence-electron chi connectivity index (χ2n) is 5.03. The van der Waals surface area contributed by atoms with Crippen molar-refractivity contribution in [2.75, 3.05) is 5.32 Å². The van der Waals surface area contributed by atoms with Gasteiger partial charge < -0.3 is 10.6 Å². The number of hydrogen-bond donors (Lipinski definition) is 2. The molecule has 122 valence electrons. The number of halogens is 2. The van der Waals surface area contributed by atoms with E-state index in [-0.39, 0.29) is 23.6 Å². The Balaban J connectivity index is 1.96. The molecule has 0 spiro atoms. The molecule has 0 aliphatic carbocycles. The Hall–Kier alpha value is -1.63. The highest BCUT2D eigenvalue weighted by molar-refractivity contribution is 7.14. The Kier molecular flexibility index (Phi) is 5.98. The lowest BCUT2D eigenvalue weighted by Crippen LogP contribution is -2.34. The van der Waals surface area contributed by atoms with Crippen molar-refractivity contribution >= 4 is 51.5 Å². The van der Waals surface area contributed by atoms with E-state index < -0.39 is 0 Å². The summed E-state index contributed by atoms with van der Waals surface area (Å²) in [5.41, 5.74) is 1.17. The summed E-state index contributed by atoms with van der Waals surface area (Å²) in [4.78, 5) is 27.2. The zero-order valence-electron chi connectivity index (χ0n) is 12.5. The van der Waals surface area contributed by atoms with E-state index in [9.17, 15) is 9.59 Å². The predicted molar refractivity (Wildman–Crippen MR) is 93.5 cm³/mol. The van der Waals surface area contributed by atoms with E-state index in [2.05, 4.69) is 15.6 Å². The molecule has 2 aromatic rings. The molecule has 0 saturated heterocycles. The molecule has 0 aliphatic heterocycles. The molecule has 1 heterocycles. The van der Waals surface area contributed by atoms with Crippen LogP contribution in [-0.4, -0.2) is 22.8 Å². The monoisotopic (exact) mass is 371 g/mol. The van der Waals surface area contributed by atoms with Gasteiger partial charge in [0.2, 0.25) is 5.91 Å². The van der Waals surface area contributed by atoms with E-state index in [1.165, 1.54) is 18.3 Å². The zero-order valence-corrected chi connectivity index (χ0v) is 14.9. The highest BCUT2D eigenvalue weighted by atomic mass is 35.5. The number of aromatic nitrogens is 1. The summed E-state index contributed by atoms with van der Waals surface area (Å²) in [6, 6.07) is 5.14. The van der Waals surface area contributed by atoms with Gasteiger partial charge in [-0.1, -0.05) is 29.3 Å². The van der Waals surface area contributed by atoms with Gasteiger partial charge in [-0.2, -0.15) is 0 Å². The van der Waals surface area contributed by atoms with E-state index in [1.54, 1.807) is 17.5 Å². The number of carbonyl (C=O) groups is 2. The number of benzene rings is 1. The Morgan fingerprint density at radius 3 is 2.74 bits per heavy atom. The summed E-state index contributed by atoms with van der Waals surface area (Å²) in [5, 5.41) is 8.54. The average Bonchev–Trinajstić information content (AvgIpc) is 2.89. The number of nitrogens with zero attached hydrogens (tertiary/aromatic N) is 1. The topological polar surface area (TPSA) is 71.1 Å². The van der Waals surface area contributed by atoms with Crippen LogP contribution in [0.1, 0.15) is 29.9 Å². The summed E-state index contributed by atoms with van der Waals surface area (Å²) < 4.78 is 0. The van der Waals surface area contributed by atoms with Crippen molar-refractivity contribution < 1.29 is 9.59 Å². The van der Waals surface area contributed by atoms with Crippen LogP contribution in [0.25, 0.3) is 0 Å². The van der Waals surface area contributed by atoms with Gasteiger partial charge in [-0.25, -0.2) is 4.98 Å². The molecule has 0 aliphatic rings. The Morgan fingerprint density at radius 1 is 1.35 bits per heavy atom. The molecule has 1 atom stereocenters. The van der Waals surface area contributed by atoms with E-state index in [1.807, 2.05) is 13.0 Å². The lowest BCUT2D eigenvalue weighted by Gasteiger charge is -2.14. The molecule has 1 unspecified atom stereocenters. The van der Waals surface area contributed by atoms with Gasteiger partial charge in [-0.15, -0.1) is 11.3 Å². The molecule has 23 heavy (non-hydrogen) atoms. The predicted octanol–water partition coefficient (Wildman–Crippen LogP) is 3.77. The summed E-state index contributed by atoms with van der Waals surface area (Å²) in [5.74, 6) is -0.521. The number of hydrogen-bond acceptors (Lipinski definition) is 4. The molecule has 2 rings (SSSR count). The van der Waals surface area contributed by atoms with E-state index in [0.29, 0.717) is 21.6 Å². The van der Waals surface area contributed by atoms with Gasteiger partial charge in [-0.05, 0) is 31.0 Å². The van der Waals surface area contributed by atoms with Crippen molar-refractivity contribution in [3.05, 3.63) is 44.9 Å². The summed E-state index contributed by atoms with van der Waals surface area (Å²) >= 11 is 13.2. The maximum Gasteiger partial charge on any atom is 0.271 e. The van der Waals surface area contributed by atoms with Crippen molar-refractivity contribution in [1.82, 2.24) is 10.3 Å². The number of thiazole rings is 1. The van der Waals surface area contributed by atoms with Gasteiger partial charge in [-0.3, -0.25) is 9.59 Å². The fraction of sp³-hybridized carbons (Fsp3) is 0.267. The molecule has 1 aromatic heterocycles. The minimum atomic E-state index is -0.296. The largest absolute Gasteiger partial charge is 0.348 e. The maximum atomic E-state index is 12.1. The third-order valence-corrected chi connectivity index (χ3v) is 4.28. The van der Waals surface area contributed by atoms with Gasteiger partial charge in [0.05, 0.1) is 0 Å². The van der Waals surface area contributed by atoms with Crippen LogP contribution in [0.4, 0.5) is 5.13 Å². The van der Waals surface area contributed by atoms with Gasteiger partial charge in [0.15, 0.2) is 5.13 Å². The van der Waals surface area contributed by atoms with Crippen molar-refractivity contribution in [3.63, 3.8) is 0 Å². The first-order valence-electron chi connectivity index (χ1n) is 6.83. The van der Waals surface area contributed by atoms with Crippen molar-refractivity contribution in [3.8, 4) is 0 Å². The van der Waals surface area contributed by atoms with Crippen LogP contribution < -0.4 is 10.6 Å². The second kappa shape index (κ2) is 7.77. The first-order valence-corrected chi connectivity index (χ1v) is 8.46. The Bertz CT molecular complexity index is 733. The molecular weight excluding hydrogens is 357 g/mol. The molecule has 0 fully saturated rings. The normalized spacial score (nSPS) is 11.8. The zero-order chi connectivity index (χ0) is 17.0. The highest BCUT2D eigenvalue weighted by Gasteiger charge is 2.15. The van der Waals surface area contributed by atoms with Gasteiger partial charge in [0.25, 0.3) is 5.91 Å². The highest BCUT2D eigenvalue weighted by Crippen LogP contribution is 2.22. The van der Waals surface area contributed by atoms with Gasteiger partial charge in [0, 0.05) is 28.4 Å². The fourth-order valence-corrected chi connectivity index (χ4v) is 3.17. The van der Waals surface area contributed by atoms with E-state index in [0.717, 1.165) is 5.56 Å². The number of carbonyl (C=O) groups excluding carboxylic acids is 2. The molecule has 0 radical (unpaired) electrons. The molecule has 8 heteroatoms. The first-order chi connectivity index (χ1) is 10.8. The third kappa shape index (κ3) is 5.20. The molecule has 0 saturated carbocycles. The molecule has 5 nitrogen and oxygen atoms in total. The fourth-order valence-electron chi connectivity index (χ4n) is 1.95. The average molecular weight is 372 g/mol. The number of nitrogens with one attached hydrogen (secondary N) is 2. The Morgan fingerprint density at radius 2 is 2.09 bits per heavy atom. The SMILES string of the molecule is CC(=O)Nc1nc(C(=O)NC(C)Cc2ccc(Cl)cc2Cl)cs1. The van der Waals surface area contributed by atoms with Crippen LogP contribution in [0.15, 0.2) is 23.6 Å². The van der Waals surface area contributed by atoms with Crippen LogP contribution in [0.3, 0.4) is 0 Å². The number of rotatable bonds is 5. The second-order valence-corrected chi connectivity index (χ2v) is 6.74. The van der Waals surface area contributed by atoms with Crippen LogP contribution in [0.5, 0.6) is 0 Å². The number of anilines is 1. The molecular formula is C15H15Cl2N3O2S. The Labute approximate surface area is 148 Å². The van der Waals surface area contributed by atoms with Crippen LogP contribution in [0, 0.1) is 0 Å². The van der Waals surface area contributed by atoms with Crippen LogP contribution in [0.2, 0.25) is 10.0 Å². The summed E-state index contributed by atoms with van der Waals surface area (Å²) in [6.07, 6.45) is 0.574. The van der Waals surface area contributed by atoms with Crippen molar-refractivity contribution in [2.45, 2.75) is 26.3 Å². The molecule has 2 N–H and O–H groups in total. The molecule has 0 bridgehead atoms. The quantitative estimate of drug-likeness (QED) is 0.839. The molecule has 2 amide bonds. The maximum absolute atomic E-state index is 12.1. The lowest BCUT2D eigenvalue weighted by molar-refractivity contribution is -0.114. The number of amides is 2. The van der Waals surface area contributed by atoms with Crippen LogP contribution in [-0.2, 0) is 11.2 Å². The summed E-state index contributed by atoms with van der Waals surface area (Å²) in [7, 11) is 0. The van der Waals surface area contributed by atoms with Crippen molar-refractivity contribution in [2.24, 2.45) is 0 Å². The lowest BCUT2D eigenvalue weighted by atomic mass is 10.1. The van der Waals surface area contributed by atoms with Gasteiger partial charge in [0.1, 0.15) is 5.69 Å². The standard InChI is InChI=1S/C15H15Cl2N3O2S/c1-8(5-10-3-4-11(16)6-12(10)17)18-14(22)13-7-23-15(20-13)19-9(2)21/h3-4,6-8H,5H2,1-2H3,(H,18,22)(H,19,20,21). The third-order valence-electron chi connectivity index (χ3n) is 2.94.